The summed E-state index contributed by atoms with van der Waals surface area (Å²) in [6.07, 6.45) is 3.65. The molecule has 0 bridgehead atoms. The number of nitrogens with two attached hydrogens (primary N) is 2. The first-order chi connectivity index (χ1) is 9.13. The van der Waals surface area contributed by atoms with E-state index in [4.69, 9.17) is 11.5 Å². The van der Waals surface area contributed by atoms with Gasteiger partial charge in [-0.2, -0.15) is 0 Å². The molecule has 1 aromatic carbocycles. The highest BCUT2D eigenvalue weighted by Gasteiger charge is 2.19. The molecule has 5 nitrogen and oxygen atoms in total. The second kappa shape index (κ2) is 5.56. The number of primary amides is 1. The molecule has 5 heteroatoms. The maximum atomic E-state index is 11.6. The van der Waals surface area contributed by atoms with Gasteiger partial charge in [0.1, 0.15) is 5.84 Å². The maximum absolute atomic E-state index is 11.6. The average Bonchev–Trinajstić information content (AvgIpc) is 2.92. The third-order valence-electron chi connectivity index (χ3n) is 3.23. The number of amidine groups is 1. The van der Waals surface area contributed by atoms with Crippen molar-refractivity contribution in [2.24, 2.45) is 16.5 Å². The van der Waals surface area contributed by atoms with Crippen LogP contribution in [0.2, 0.25) is 0 Å². The van der Waals surface area contributed by atoms with Gasteiger partial charge < -0.3 is 16.4 Å². The Labute approximate surface area is 112 Å². The number of amides is 1. The minimum Gasteiger partial charge on any atom is -0.383 e. The van der Waals surface area contributed by atoms with Crippen LogP contribution in [0.25, 0.3) is 0 Å². The standard InChI is InChI=1S/C14H18N4O/c1-2-17-13(15)10-5-6-12(11(9-10)14(16)19)18-7-3-4-8-18/h2,5-6,9H,1,3-4,7-8H2,(H2,15,17)(H2,16,19). The lowest BCUT2D eigenvalue weighted by molar-refractivity contribution is 0.100. The summed E-state index contributed by atoms with van der Waals surface area (Å²) in [4.78, 5) is 17.7. The fourth-order valence-electron chi connectivity index (χ4n) is 2.30. The molecule has 1 aromatic rings. The van der Waals surface area contributed by atoms with E-state index in [1.165, 1.54) is 6.20 Å². The molecule has 0 spiro atoms. The molecule has 1 saturated heterocycles. The molecule has 1 aliphatic rings. The number of carbonyl (C=O) groups is 1. The third-order valence-corrected chi connectivity index (χ3v) is 3.23. The van der Waals surface area contributed by atoms with Crippen molar-refractivity contribution in [3.8, 4) is 0 Å². The van der Waals surface area contributed by atoms with Gasteiger partial charge in [0.2, 0.25) is 0 Å². The van der Waals surface area contributed by atoms with Crippen LogP contribution >= 0.6 is 0 Å². The summed E-state index contributed by atoms with van der Waals surface area (Å²) in [6.45, 7) is 5.41. The number of anilines is 1. The molecule has 1 aliphatic heterocycles. The fourth-order valence-corrected chi connectivity index (χ4v) is 2.30. The van der Waals surface area contributed by atoms with Crippen LogP contribution in [-0.4, -0.2) is 24.8 Å². The molecule has 1 fully saturated rings. The highest BCUT2D eigenvalue weighted by molar-refractivity contribution is 6.04. The summed E-state index contributed by atoms with van der Waals surface area (Å²) < 4.78 is 0. The molecule has 100 valence electrons. The topological polar surface area (TPSA) is 84.7 Å². The summed E-state index contributed by atoms with van der Waals surface area (Å²) in [5.41, 5.74) is 13.3. The van der Waals surface area contributed by atoms with Gasteiger partial charge in [-0.1, -0.05) is 6.58 Å². The van der Waals surface area contributed by atoms with Gasteiger partial charge in [-0.25, -0.2) is 4.99 Å². The molecule has 4 N–H and O–H groups in total. The number of aliphatic imine (C=N–C) groups is 1. The monoisotopic (exact) mass is 258 g/mol. The molecular formula is C14H18N4O. The van der Waals surface area contributed by atoms with Crippen LogP contribution in [0.15, 0.2) is 36.0 Å². The number of carbonyl (C=O) groups excluding carboxylic acids is 1. The molecule has 0 atom stereocenters. The van der Waals surface area contributed by atoms with E-state index < -0.39 is 5.91 Å². The van der Waals surface area contributed by atoms with E-state index in [9.17, 15) is 4.79 Å². The Bertz CT molecular complexity index is 530. The van der Waals surface area contributed by atoms with Crippen molar-refractivity contribution < 1.29 is 4.79 Å². The summed E-state index contributed by atoms with van der Waals surface area (Å²) in [7, 11) is 0. The van der Waals surface area contributed by atoms with Crippen molar-refractivity contribution in [2.45, 2.75) is 12.8 Å². The maximum Gasteiger partial charge on any atom is 0.250 e. The summed E-state index contributed by atoms with van der Waals surface area (Å²) >= 11 is 0. The molecule has 1 amide bonds. The highest BCUT2D eigenvalue weighted by atomic mass is 16.1. The van der Waals surface area contributed by atoms with Crippen molar-refractivity contribution >= 4 is 17.4 Å². The smallest absolute Gasteiger partial charge is 0.250 e. The summed E-state index contributed by atoms with van der Waals surface area (Å²) in [5.74, 6) is -0.124. The third kappa shape index (κ3) is 2.76. The minimum absolute atomic E-state index is 0.325. The molecule has 19 heavy (non-hydrogen) atoms. The lowest BCUT2D eigenvalue weighted by Gasteiger charge is -2.20. The first kappa shape index (κ1) is 13.1. The van der Waals surface area contributed by atoms with Crippen LogP contribution < -0.4 is 16.4 Å². The SMILES string of the molecule is C=CN=C(N)c1ccc(N2CCCC2)c(C(N)=O)c1. The largest absolute Gasteiger partial charge is 0.383 e. The van der Waals surface area contributed by atoms with E-state index in [0.29, 0.717) is 17.0 Å². The Hall–Kier alpha value is -2.30. The predicted octanol–water partition coefficient (Wildman–Crippen LogP) is 1.23. The molecule has 0 aromatic heterocycles. The number of rotatable bonds is 4. The Morgan fingerprint density at radius 3 is 2.58 bits per heavy atom. The van der Waals surface area contributed by atoms with E-state index in [1.54, 1.807) is 6.07 Å². The van der Waals surface area contributed by atoms with Gasteiger partial charge in [0.15, 0.2) is 0 Å². The van der Waals surface area contributed by atoms with Crippen LogP contribution in [0.3, 0.4) is 0 Å². The van der Waals surface area contributed by atoms with Crippen molar-refractivity contribution in [2.75, 3.05) is 18.0 Å². The molecule has 0 aliphatic carbocycles. The van der Waals surface area contributed by atoms with Gasteiger partial charge in [0.25, 0.3) is 5.91 Å². The van der Waals surface area contributed by atoms with E-state index in [1.807, 2.05) is 12.1 Å². The van der Waals surface area contributed by atoms with Crippen molar-refractivity contribution in [1.29, 1.82) is 0 Å². The van der Waals surface area contributed by atoms with E-state index in [-0.39, 0.29) is 0 Å². The summed E-state index contributed by atoms with van der Waals surface area (Å²) in [6, 6.07) is 5.42. The first-order valence-corrected chi connectivity index (χ1v) is 6.27. The van der Waals surface area contributed by atoms with Gasteiger partial charge >= 0.3 is 0 Å². The van der Waals surface area contributed by atoms with Gasteiger partial charge in [-0.15, -0.1) is 0 Å². The normalized spacial score (nSPS) is 15.6. The van der Waals surface area contributed by atoms with Gasteiger partial charge in [-0.05, 0) is 31.0 Å². The molecular weight excluding hydrogens is 240 g/mol. The second-order valence-electron chi connectivity index (χ2n) is 4.49. The highest BCUT2D eigenvalue weighted by Crippen LogP contribution is 2.25. The van der Waals surface area contributed by atoms with Crippen molar-refractivity contribution in [1.82, 2.24) is 0 Å². The number of hydrogen-bond acceptors (Lipinski definition) is 3. The van der Waals surface area contributed by atoms with Crippen molar-refractivity contribution in [3.63, 3.8) is 0 Å². The average molecular weight is 258 g/mol. The summed E-state index contributed by atoms with van der Waals surface area (Å²) in [5, 5.41) is 0. The van der Waals surface area contributed by atoms with Crippen LogP contribution in [0.4, 0.5) is 5.69 Å². The molecule has 2 rings (SSSR count). The number of hydrogen-bond donors (Lipinski definition) is 2. The second-order valence-corrected chi connectivity index (χ2v) is 4.49. The van der Waals surface area contributed by atoms with E-state index in [2.05, 4.69) is 16.5 Å². The van der Waals surface area contributed by atoms with E-state index in [0.717, 1.165) is 31.6 Å². The fraction of sp³-hybridized carbons (Fsp3) is 0.286. The number of benzene rings is 1. The zero-order valence-electron chi connectivity index (χ0n) is 10.8. The predicted molar refractivity (Wildman–Crippen MR) is 77.3 cm³/mol. The quantitative estimate of drug-likeness (QED) is 0.629. The van der Waals surface area contributed by atoms with Crippen LogP contribution in [-0.2, 0) is 0 Å². The molecule has 0 unspecified atom stereocenters. The molecule has 0 radical (unpaired) electrons. The Morgan fingerprint density at radius 1 is 1.32 bits per heavy atom. The van der Waals surface area contributed by atoms with E-state index >= 15 is 0 Å². The zero-order chi connectivity index (χ0) is 13.8. The zero-order valence-corrected chi connectivity index (χ0v) is 10.8. The lowest BCUT2D eigenvalue weighted by atomic mass is 10.1. The van der Waals surface area contributed by atoms with Gasteiger partial charge in [0.05, 0.1) is 5.56 Å². The Balaban J connectivity index is 2.43. The van der Waals surface area contributed by atoms with Gasteiger partial charge in [0, 0.05) is 30.5 Å². The van der Waals surface area contributed by atoms with Crippen molar-refractivity contribution in [3.05, 3.63) is 42.1 Å². The Kier molecular flexibility index (Phi) is 3.85. The minimum atomic E-state index is -0.449. The van der Waals surface area contributed by atoms with Crippen LogP contribution in [0, 0.1) is 0 Å². The van der Waals surface area contributed by atoms with Gasteiger partial charge in [-0.3, -0.25) is 4.79 Å². The molecule has 1 heterocycles. The molecule has 0 saturated carbocycles. The van der Waals surface area contributed by atoms with Crippen LogP contribution in [0.5, 0.6) is 0 Å². The lowest BCUT2D eigenvalue weighted by Crippen LogP contribution is -2.24. The Morgan fingerprint density at radius 2 is 2.00 bits per heavy atom. The first-order valence-electron chi connectivity index (χ1n) is 6.27. The number of nitrogens with zero attached hydrogens (tertiary/aromatic N) is 2. The van der Waals surface area contributed by atoms with Crippen LogP contribution in [0.1, 0.15) is 28.8 Å².